The minimum Gasteiger partial charge on any atom is -0.351 e. The maximum Gasteiger partial charge on any atom is 0.252 e. The van der Waals surface area contributed by atoms with Crippen molar-refractivity contribution < 1.29 is 4.79 Å². The van der Waals surface area contributed by atoms with Crippen LogP contribution in [-0.4, -0.2) is 19.0 Å². The lowest BCUT2D eigenvalue weighted by atomic mass is 10.2. The van der Waals surface area contributed by atoms with Gasteiger partial charge in [-0.15, -0.1) is 0 Å². The maximum absolute atomic E-state index is 11.5. The third-order valence-corrected chi connectivity index (χ3v) is 2.73. The highest BCUT2D eigenvalue weighted by Gasteiger charge is 2.08. The van der Waals surface area contributed by atoms with Crippen LogP contribution in [0.3, 0.4) is 0 Å². The summed E-state index contributed by atoms with van der Waals surface area (Å²) in [5.74, 6) is -0.114. The van der Waals surface area contributed by atoms with Crippen LogP contribution >= 0.6 is 34.2 Å². The molecule has 14 heavy (non-hydrogen) atoms. The molecule has 0 bridgehead atoms. The molecule has 1 aromatic carbocycles. The number of hydrogen-bond donors (Lipinski definition) is 2. The average molecular weight is 325 g/mol. The summed E-state index contributed by atoms with van der Waals surface area (Å²) < 4.78 is 0.838. The molecule has 0 saturated carbocycles. The van der Waals surface area contributed by atoms with Gasteiger partial charge in [-0.1, -0.05) is 11.6 Å². The summed E-state index contributed by atoms with van der Waals surface area (Å²) in [6.07, 6.45) is 0. The molecule has 0 fully saturated rings. The molecule has 0 aliphatic rings. The van der Waals surface area contributed by atoms with Crippen molar-refractivity contribution in [3.63, 3.8) is 0 Å². The standard InChI is InChI=1S/C9H10ClIN2O/c10-6-1-2-7(8(11)5-6)9(14)13-4-3-12/h1-2,5H,3-4,12H2,(H,13,14). The van der Waals surface area contributed by atoms with Gasteiger partial charge < -0.3 is 11.1 Å². The van der Waals surface area contributed by atoms with E-state index in [2.05, 4.69) is 27.9 Å². The van der Waals surface area contributed by atoms with E-state index >= 15 is 0 Å². The van der Waals surface area contributed by atoms with Crippen molar-refractivity contribution in [3.05, 3.63) is 32.4 Å². The first kappa shape index (κ1) is 11.7. The second kappa shape index (κ2) is 5.53. The number of carbonyl (C=O) groups is 1. The van der Waals surface area contributed by atoms with Crippen molar-refractivity contribution in [1.29, 1.82) is 0 Å². The SMILES string of the molecule is NCCNC(=O)c1ccc(Cl)cc1I. The Kier molecular flexibility index (Phi) is 4.64. The third-order valence-electron chi connectivity index (χ3n) is 1.61. The van der Waals surface area contributed by atoms with Crippen LogP contribution in [0, 0.1) is 3.57 Å². The Morgan fingerprint density at radius 2 is 2.29 bits per heavy atom. The predicted molar refractivity (Wildman–Crippen MR) is 65.6 cm³/mol. The van der Waals surface area contributed by atoms with Gasteiger partial charge in [0.05, 0.1) is 5.56 Å². The Morgan fingerprint density at radius 1 is 1.57 bits per heavy atom. The fourth-order valence-electron chi connectivity index (χ4n) is 0.955. The van der Waals surface area contributed by atoms with E-state index < -0.39 is 0 Å². The molecule has 1 aromatic rings. The molecule has 3 N–H and O–H groups in total. The number of hydrogen-bond acceptors (Lipinski definition) is 2. The van der Waals surface area contributed by atoms with Gasteiger partial charge in [0.2, 0.25) is 0 Å². The van der Waals surface area contributed by atoms with E-state index in [0.29, 0.717) is 23.7 Å². The van der Waals surface area contributed by atoms with Gasteiger partial charge in [0.25, 0.3) is 5.91 Å². The molecule has 0 atom stereocenters. The monoisotopic (exact) mass is 324 g/mol. The van der Waals surface area contributed by atoms with E-state index in [1.54, 1.807) is 18.2 Å². The molecule has 5 heteroatoms. The summed E-state index contributed by atoms with van der Waals surface area (Å²) in [6, 6.07) is 5.15. The number of amides is 1. The molecule has 0 saturated heterocycles. The smallest absolute Gasteiger partial charge is 0.252 e. The number of benzene rings is 1. The summed E-state index contributed by atoms with van der Waals surface area (Å²) in [4.78, 5) is 11.5. The van der Waals surface area contributed by atoms with Gasteiger partial charge in [0.15, 0.2) is 0 Å². The molecule has 0 unspecified atom stereocenters. The van der Waals surface area contributed by atoms with Crippen LogP contribution in [0.1, 0.15) is 10.4 Å². The van der Waals surface area contributed by atoms with Gasteiger partial charge in [-0.3, -0.25) is 4.79 Å². The van der Waals surface area contributed by atoms with Crippen LogP contribution in [0.25, 0.3) is 0 Å². The van der Waals surface area contributed by atoms with Gasteiger partial charge in [-0.2, -0.15) is 0 Å². The number of carbonyl (C=O) groups excluding carboxylic acids is 1. The van der Waals surface area contributed by atoms with Crippen LogP contribution in [0.15, 0.2) is 18.2 Å². The normalized spacial score (nSPS) is 9.93. The molecule has 0 radical (unpaired) electrons. The van der Waals surface area contributed by atoms with Crippen molar-refractivity contribution >= 4 is 40.1 Å². The molecule has 1 amide bonds. The third kappa shape index (κ3) is 3.11. The van der Waals surface area contributed by atoms with E-state index in [9.17, 15) is 4.79 Å². The first-order chi connectivity index (χ1) is 6.65. The molecule has 0 heterocycles. The number of nitrogens with one attached hydrogen (secondary N) is 1. The van der Waals surface area contributed by atoms with E-state index in [4.69, 9.17) is 17.3 Å². The van der Waals surface area contributed by atoms with Gasteiger partial charge in [-0.05, 0) is 40.8 Å². The molecule has 1 rings (SSSR count). The molecule has 0 aliphatic carbocycles. The fraction of sp³-hybridized carbons (Fsp3) is 0.222. The van der Waals surface area contributed by atoms with E-state index in [0.717, 1.165) is 3.57 Å². The summed E-state index contributed by atoms with van der Waals surface area (Å²) >= 11 is 7.85. The van der Waals surface area contributed by atoms with Crippen molar-refractivity contribution in [2.24, 2.45) is 5.73 Å². The lowest BCUT2D eigenvalue weighted by Gasteiger charge is -2.05. The van der Waals surface area contributed by atoms with Gasteiger partial charge in [0, 0.05) is 21.7 Å². The van der Waals surface area contributed by atoms with E-state index in [-0.39, 0.29) is 5.91 Å². The van der Waals surface area contributed by atoms with Crippen LogP contribution < -0.4 is 11.1 Å². The Hall–Kier alpha value is -0.330. The summed E-state index contributed by atoms with van der Waals surface area (Å²) in [7, 11) is 0. The minimum absolute atomic E-state index is 0.114. The molecule has 0 spiro atoms. The molecule has 0 aromatic heterocycles. The second-order valence-corrected chi connectivity index (χ2v) is 4.27. The van der Waals surface area contributed by atoms with Crippen LogP contribution in [0.5, 0.6) is 0 Å². The second-order valence-electron chi connectivity index (χ2n) is 2.67. The highest BCUT2D eigenvalue weighted by molar-refractivity contribution is 14.1. The van der Waals surface area contributed by atoms with Crippen molar-refractivity contribution in [1.82, 2.24) is 5.32 Å². The molecule has 76 valence electrons. The van der Waals surface area contributed by atoms with Gasteiger partial charge >= 0.3 is 0 Å². The number of halogens is 2. The lowest BCUT2D eigenvalue weighted by molar-refractivity contribution is 0.0954. The first-order valence-electron chi connectivity index (χ1n) is 4.08. The largest absolute Gasteiger partial charge is 0.351 e. The summed E-state index contributed by atoms with van der Waals surface area (Å²) in [6.45, 7) is 0.924. The van der Waals surface area contributed by atoms with E-state index in [1.807, 2.05) is 0 Å². The van der Waals surface area contributed by atoms with Crippen LogP contribution in [-0.2, 0) is 0 Å². The quantitative estimate of drug-likeness (QED) is 0.831. The summed E-state index contributed by atoms with van der Waals surface area (Å²) in [5.41, 5.74) is 5.91. The van der Waals surface area contributed by atoms with Gasteiger partial charge in [0.1, 0.15) is 0 Å². The molecule has 0 aliphatic heterocycles. The highest BCUT2D eigenvalue weighted by Crippen LogP contribution is 2.17. The van der Waals surface area contributed by atoms with Crippen molar-refractivity contribution in [2.45, 2.75) is 0 Å². The molecular weight excluding hydrogens is 314 g/mol. The number of nitrogens with two attached hydrogens (primary N) is 1. The topological polar surface area (TPSA) is 55.1 Å². The zero-order valence-electron chi connectivity index (χ0n) is 7.39. The number of rotatable bonds is 3. The zero-order valence-corrected chi connectivity index (χ0v) is 10.3. The fourth-order valence-corrected chi connectivity index (χ4v) is 2.07. The molecular formula is C9H10ClIN2O. The first-order valence-corrected chi connectivity index (χ1v) is 5.54. The predicted octanol–water partition coefficient (Wildman–Crippen LogP) is 1.63. The van der Waals surface area contributed by atoms with Crippen molar-refractivity contribution in [3.8, 4) is 0 Å². The molecule has 3 nitrogen and oxygen atoms in total. The Bertz CT molecular complexity index is 344. The highest BCUT2D eigenvalue weighted by atomic mass is 127. The Labute approximate surface area is 101 Å². The van der Waals surface area contributed by atoms with Crippen LogP contribution in [0.2, 0.25) is 5.02 Å². The lowest BCUT2D eigenvalue weighted by Crippen LogP contribution is -2.29. The van der Waals surface area contributed by atoms with Crippen LogP contribution in [0.4, 0.5) is 0 Å². The van der Waals surface area contributed by atoms with Gasteiger partial charge in [-0.25, -0.2) is 0 Å². The van der Waals surface area contributed by atoms with E-state index in [1.165, 1.54) is 0 Å². The Morgan fingerprint density at radius 3 is 2.86 bits per heavy atom. The average Bonchev–Trinajstić information content (AvgIpc) is 2.14. The minimum atomic E-state index is -0.114. The Balaban J connectivity index is 2.80. The summed E-state index contributed by atoms with van der Waals surface area (Å²) in [5, 5.41) is 3.33. The zero-order chi connectivity index (χ0) is 10.6. The van der Waals surface area contributed by atoms with Crippen molar-refractivity contribution in [2.75, 3.05) is 13.1 Å². The maximum atomic E-state index is 11.5.